The summed E-state index contributed by atoms with van der Waals surface area (Å²) in [4.78, 5) is 0. The molecular formula is C10H20F2N2. The quantitative estimate of drug-likeness (QED) is 0.667. The molecule has 0 aromatic heterocycles. The first kappa shape index (κ1) is 11.9. The van der Waals surface area contributed by atoms with E-state index in [0.717, 1.165) is 12.8 Å². The van der Waals surface area contributed by atoms with E-state index in [1.54, 1.807) is 0 Å². The molecule has 1 saturated heterocycles. The van der Waals surface area contributed by atoms with Gasteiger partial charge in [0.1, 0.15) is 0 Å². The molecule has 0 amide bonds. The molecule has 1 aliphatic rings. The van der Waals surface area contributed by atoms with Crippen LogP contribution < -0.4 is 5.84 Å². The lowest BCUT2D eigenvalue weighted by atomic mass is 9.80. The third kappa shape index (κ3) is 2.42. The second-order valence-electron chi connectivity index (χ2n) is 5.16. The fraction of sp³-hybridized carbons (Fsp3) is 1.00. The number of rotatable bonds is 1. The van der Waals surface area contributed by atoms with Gasteiger partial charge in [-0.25, -0.2) is 13.8 Å². The minimum absolute atomic E-state index is 0.0255. The predicted molar refractivity (Wildman–Crippen MR) is 52.9 cm³/mol. The van der Waals surface area contributed by atoms with E-state index in [1.165, 1.54) is 5.01 Å². The van der Waals surface area contributed by atoms with Gasteiger partial charge in [-0.2, -0.15) is 0 Å². The highest BCUT2D eigenvalue weighted by molar-refractivity contribution is 4.89. The summed E-state index contributed by atoms with van der Waals surface area (Å²) >= 11 is 0. The zero-order valence-electron chi connectivity index (χ0n) is 9.13. The van der Waals surface area contributed by atoms with Crippen molar-refractivity contribution in [2.45, 2.75) is 58.5 Å². The molecule has 0 bridgehead atoms. The van der Waals surface area contributed by atoms with Crippen LogP contribution in [0.2, 0.25) is 0 Å². The van der Waals surface area contributed by atoms with Crippen LogP contribution in [0.3, 0.4) is 0 Å². The summed E-state index contributed by atoms with van der Waals surface area (Å²) < 4.78 is 25.2. The molecule has 0 spiro atoms. The molecule has 0 aliphatic carbocycles. The number of hydrazine groups is 1. The molecule has 4 heteroatoms. The Balaban J connectivity index is 2.71. The maximum Gasteiger partial charge on any atom is 0.255 e. The van der Waals surface area contributed by atoms with E-state index < -0.39 is 12.5 Å². The summed E-state index contributed by atoms with van der Waals surface area (Å²) in [6.07, 6.45) is -0.0422. The van der Waals surface area contributed by atoms with Crippen LogP contribution in [-0.4, -0.2) is 23.5 Å². The Kier molecular flexibility index (Phi) is 3.48. The van der Waals surface area contributed by atoms with E-state index in [-0.39, 0.29) is 11.5 Å². The van der Waals surface area contributed by atoms with Gasteiger partial charge < -0.3 is 0 Å². The van der Waals surface area contributed by atoms with Gasteiger partial charge in [0.2, 0.25) is 0 Å². The molecule has 0 aromatic rings. The lowest BCUT2D eigenvalue weighted by Crippen LogP contribution is -2.58. The molecule has 2 N–H and O–H groups in total. The first-order chi connectivity index (χ1) is 6.34. The minimum Gasteiger partial charge on any atom is -0.268 e. The van der Waals surface area contributed by atoms with Crippen molar-refractivity contribution in [3.05, 3.63) is 0 Å². The second-order valence-corrected chi connectivity index (χ2v) is 5.16. The Hall–Kier alpha value is -0.220. The first-order valence-electron chi connectivity index (χ1n) is 5.15. The van der Waals surface area contributed by atoms with E-state index in [0.29, 0.717) is 6.42 Å². The minimum atomic E-state index is -2.33. The molecule has 2 nitrogen and oxygen atoms in total. The Labute approximate surface area is 84.4 Å². The number of hydrogen-bond donors (Lipinski definition) is 1. The molecule has 0 aromatic carbocycles. The highest BCUT2D eigenvalue weighted by Crippen LogP contribution is 2.34. The summed E-state index contributed by atoms with van der Waals surface area (Å²) in [5.41, 5.74) is -0.0255. The first-order valence-corrected chi connectivity index (χ1v) is 5.15. The molecule has 0 radical (unpaired) electrons. The van der Waals surface area contributed by atoms with Crippen LogP contribution in [-0.2, 0) is 0 Å². The van der Waals surface area contributed by atoms with Gasteiger partial charge in [0.05, 0.1) is 6.04 Å². The molecule has 14 heavy (non-hydrogen) atoms. The molecule has 84 valence electrons. The highest BCUT2D eigenvalue weighted by Gasteiger charge is 2.39. The second kappa shape index (κ2) is 4.11. The van der Waals surface area contributed by atoms with Crippen LogP contribution in [0, 0.1) is 5.41 Å². The van der Waals surface area contributed by atoms with Crippen LogP contribution in [0.1, 0.15) is 40.0 Å². The largest absolute Gasteiger partial charge is 0.268 e. The van der Waals surface area contributed by atoms with Gasteiger partial charge >= 0.3 is 0 Å². The number of halogens is 2. The van der Waals surface area contributed by atoms with Gasteiger partial charge in [-0.15, -0.1) is 0 Å². The predicted octanol–water partition coefficient (Wildman–Crippen LogP) is 2.39. The van der Waals surface area contributed by atoms with Crippen LogP contribution >= 0.6 is 0 Å². The van der Waals surface area contributed by atoms with Gasteiger partial charge in [0, 0.05) is 6.04 Å². The highest BCUT2D eigenvalue weighted by atomic mass is 19.3. The molecule has 1 fully saturated rings. The maximum absolute atomic E-state index is 12.6. The SMILES string of the molecule is CC(C)(C)C1CCCC(C(F)F)N1N. The average molecular weight is 206 g/mol. The van der Waals surface area contributed by atoms with Gasteiger partial charge in [-0.3, -0.25) is 5.84 Å². The average Bonchev–Trinajstić information content (AvgIpc) is 2.01. The molecule has 1 rings (SSSR count). The Morgan fingerprint density at radius 3 is 2.29 bits per heavy atom. The molecular weight excluding hydrogens is 186 g/mol. The van der Waals surface area contributed by atoms with Gasteiger partial charge in [0.15, 0.2) is 0 Å². The van der Waals surface area contributed by atoms with Crippen molar-refractivity contribution in [2.24, 2.45) is 11.3 Å². The molecule has 2 atom stereocenters. The van der Waals surface area contributed by atoms with Crippen molar-refractivity contribution >= 4 is 0 Å². The summed E-state index contributed by atoms with van der Waals surface area (Å²) in [6, 6.07) is -0.691. The third-order valence-corrected chi connectivity index (χ3v) is 3.01. The number of alkyl halides is 2. The third-order valence-electron chi connectivity index (χ3n) is 3.01. The molecule has 1 aliphatic heterocycles. The van der Waals surface area contributed by atoms with Crippen molar-refractivity contribution in [3.63, 3.8) is 0 Å². The summed E-state index contributed by atoms with van der Waals surface area (Å²) in [5, 5.41) is 1.38. The number of nitrogens with zero attached hydrogens (tertiary/aromatic N) is 1. The zero-order chi connectivity index (χ0) is 10.9. The van der Waals surface area contributed by atoms with Crippen molar-refractivity contribution < 1.29 is 8.78 Å². The fourth-order valence-electron chi connectivity index (χ4n) is 2.19. The van der Waals surface area contributed by atoms with Crippen LogP contribution in [0.4, 0.5) is 8.78 Å². The Bertz CT molecular complexity index is 189. The standard InChI is InChI=1S/C10H20F2N2/c1-10(2,3)8-6-4-5-7(9(11)12)14(8)13/h7-9H,4-6,13H2,1-3H3. The number of hydrogen-bond acceptors (Lipinski definition) is 2. The number of nitrogens with two attached hydrogens (primary N) is 1. The van der Waals surface area contributed by atoms with Crippen molar-refractivity contribution in [3.8, 4) is 0 Å². The Morgan fingerprint density at radius 2 is 1.86 bits per heavy atom. The van der Waals surface area contributed by atoms with Gasteiger partial charge in [0.25, 0.3) is 6.43 Å². The van der Waals surface area contributed by atoms with E-state index >= 15 is 0 Å². The van der Waals surface area contributed by atoms with E-state index in [9.17, 15) is 8.78 Å². The lowest BCUT2D eigenvalue weighted by molar-refractivity contribution is -0.0533. The molecule has 2 unspecified atom stereocenters. The summed E-state index contributed by atoms with van der Waals surface area (Å²) in [5.74, 6) is 5.76. The smallest absolute Gasteiger partial charge is 0.255 e. The molecule has 1 heterocycles. The van der Waals surface area contributed by atoms with E-state index in [2.05, 4.69) is 0 Å². The van der Waals surface area contributed by atoms with Crippen molar-refractivity contribution in [2.75, 3.05) is 0 Å². The van der Waals surface area contributed by atoms with Crippen LogP contribution in [0.5, 0.6) is 0 Å². The topological polar surface area (TPSA) is 29.3 Å². The van der Waals surface area contributed by atoms with Gasteiger partial charge in [-0.05, 0) is 24.7 Å². The fourth-order valence-corrected chi connectivity index (χ4v) is 2.19. The van der Waals surface area contributed by atoms with Crippen molar-refractivity contribution in [1.29, 1.82) is 0 Å². The summed E-state index contributed by atoms with van der Waals surface area (Å²) in [7, 11) is 0. The van der Waals surface area contributed by atoms with Crippen molar-refractivity contribution in [1.82, 2.24) is 5.01 Å². The zero-order valence-corrected chi connectivity index (χ0v) is 9.13. The van der Waals surface area contributed by atoms with E-state index in [1.807, 2.05) is 20.8 Å². The molecule has 0 saturated carbocycles. The summed E-state index contributed by atoms with van der Waals surface area (Å²) in [6.45, 7) is 6.14. The normalized spacial score (nSPS) is 31.1. The van der Waals surface area contributed by atoms with Gasteiger partial charge in [-0.1, -0.05) is 20.8 Å². The van der Waals surface area contributed by atoms with E-state index in [4.69, 9.17) is 5.84 Å². The van der Waals surface area contributed by atoms with Crippen LogP contribution in [0.25, 0.3) is 0 Å². The number of piperidine rings is 1. The monoisotopic (exact) mass is 206 g/mol. The van der Waals surface area contributed by atoms with Crippen LogP contribution in [0.15, 0.2) is 0 Å². The Morgan fingerprint density at radius 1 is 1.29 bits per heavy atom. The maximum atomic E-state index is 12.6. The lowest BCUT2D eigenvalue weighted by Gasteiger charge is -2.44.